The number of benzene rings is 2. The van der Waals surface area contributed by atoms with E-state index in [1.807, 2.05) is 23.7 Å². The van der Waals surface area contributed by atoms with Crippen LogP contribution in [0, 0.1) is 0 Å². The van der Waals surface area contributed by atoms with Crippen LogP contribution in [0.1, 0.15) is 35.5 Å². The van der Waals surface area contributed by atoms with Crippen molar-refractivity contribution in [2.24, 2.45) is 12.8 Å². The van der Waals surface area contributed by atoms with E-state index in [2.05, 4.69) is 15.6 Å². The minimum atomic E-state index is -0.721. The normalized spacial score (nSPS) is 12.8. The van der Waals surface area contributed by atoms with Crippen LogP contribution in [0.2, 0.25) is 10.0 Å². The van der Waals surface area contributed by atoms with Crippen LogP contribution in [0.15, 0.2) is 60.9 Å². The molecule has 3 amide bonds. The Morgan fingerprint density at radius 3 is 2.07 bits per heavy atom. The van der Waals surface area contributed by atoms with E-state index in [-0.39, 0.29) is 12.3 Å². The van der Waals surface area contributed by atoms with E-state index >= 15 is 0 Å². The zero-order valence-electron chi connectivity index (χ0n) is 16.2. The average Bonchev–Trinajstić information content (AvgIpc) is 3.12. The Bertz CT molecular complexity index is 1020. The van der Waals surface area contributed by atoms with Gasteiger partial charge in [-0.2, -0.15) is 0 Å². The van der Waals surface area contributed by atoms with Crippen molar-refractivity contribution in [3.63, 3.8) is 0 Å². The molecular formula is C21H21Cl2N5O2. The Morgan fingerprint density at radius 1 is 1.00 bits per heavy atom. The van der Waals surface area contributed by atoms with Gasteiger partial charge in [0.25, 0.3) is 0 Å². The Balaban J connectivity index is 1.83. The fraction of sp³-hybridized carbons (Fsp3) is 0.190. The molecule has 3 rings (SSSR count). The molecule has 3 aromatic rings. The van der Waals surface area contributed by atoms with E-state index in [1.165, 1.54) is 0 Å². The second kappa shape index (κ2) is 9.65. The summed E-state index contributed by atoms with van der Waals surface area (Å²) < 4.78 is 1.83. The summed E-state index contributed by atoms with van der Waals surface area (Å²) in [5, 5.41) is 6.76. The monoisotopic (exact) mass is 445 g/mol. The van der Waals surface area contributed by atoms with Gasteiger partial charge in [-0.1, -0.05) is 47.5 Å². The maximum atomic E-state index is 12.9. The molecule has 7 nitrogen and oxygen atoms in total. The van der Waals surface area contributed by atoms with Crippen LogP contribution >= 0.6 is 23.2 Å². The van der Waals surface area contributed by atoms with Gasteiger partial charge in [0.05, 0.1) is 12.5 Å². The number of aryl methyl sites for hydroxylation is 1. The second-order valence-electron chi connectivity index (χ2n) is 6.77. The van der Waals surface area contributed by atoms with Gasteiger partial charge in [-0.25, -0.2) is 9.78 Å². The van der Waals surface area contributed by atoms with Crippen LogP contribution in [0.4, 0.5) is 4.79 Å². The molecule has 0 unspecified atom stereocenters. The summed E-state index contributed by atoms with van der Waals surface area (Å²) in [6, 6.07) is 12.2. The van der Waals surface area contributed by atoms with E-state index in [4.69, 9.17) is 28.9 Å². The van der Waals surface area contributed by atoms with Gasteiger partial charge in [-0.15, -0.1) is 0 Å². The molecule has 0 saturated carbocycles. The number of nitrogens with one attached hydrogen (secondary N) is 2. The van der Waals surface area contributed by atoms with Crippen molar-refractivity contribution in [1.29, 1.82) is 0 Å². The first-order valence-electron chi connectivity index (χ1n) is 9.17. The van der Waals surface area contributed by atoms with Crippen molar-refractivity contribution >= 4 is 35.1 Å². The molecule has 2 aromatic carbocycles. The molecule has 0 fully saturated rings. The number of hydrogen-bond acceptors (Lipinski definition) is 3. The van der Waals surface area contributed by atoms with Crippen LogP contribution < -0.4 is 16.4 Å². The number of halogens is 2. The first-order chi connectivity index (χ1) is 14.3. The number of rotatable bonds is 7. The summed E-state index contributed by atoms with van der Waals surface area (Å²) in [7, 11) is 1.85. The Labute approximate surface area is 184 Å². The van der Waals surface area contributed by atoms with Gasteiger partial charge in [-0.05, 0) is 35.4 Å². The molecule has 2 atom stereocenters. The van der Waals surface area contributed by atoms with E-state index in [0.717, 1.165) is 5.56 Å². The fourth-order valence-corrected chi connectivity index (χ4v) is 3.38. The first-order valence-corrected chi connectivity index (χ1v) is 9.92. The molecular weight excluding hydrogens is 425 g/mol. The van der Waals surface area contributed by atoms with Gasteiger partial charge in [0.15, 0.2) is 0 Å². The number of aromatic nitrogens is 2. The van der Waals surface area contributed by atoms with E-state index in [0.29, 0.717) is 21.4 Å². The lowest BCUT2D eigenvalue weighted by Gasteiger charge is -2.22. The van der Waals surface area contributed by atoms with Crippen molar-refractivity contribution < 1.29 is 9.59 Å². The van der Waals surface area contributed by atoms with Crippen molar-refractivity contribution in [2.45, 2.75) is 18.5 Å². The second-order valence-corrected chi connectivity index (χ2v) is 7.64. The summed E-state index contributed by atoms with van der Waals surface area (Å²) in [5.41, 5.74) is 6.85. The summed E-state index contributed by atoms with van der Waals surface area (Å²) in [5.74, 6) is 0.378. The molecule has 1 heterocycles. The van der Waals surface area contributed by atoms with Crippen molar-refractivity contribution in [2.75, 3.05) is 0 Å². The summed E-state index contributed by atoms with van der Waals surface area (Å²) in [4.78, 5) is 28.8. The predicted octanol–water partition coefficient (Wildman–Crippen LogP) is 3.73. The number of imidazole rings is 1. The Hall–Kier alpha value is -3.03. The van der Waals surface area contributed by atoms with Crippen LogP contribution in [0.3, 0.4) is 0 Å². The lowest BCUT2D eigenvalue weighted by atomic mass is 10.0. The van der Waals surface area contributed by atoms with E-state index in [9.17, 15) is 9.59 Å². The Morgan fingerprint density at radius 2 is 1.57 bits per heavy atom. The lowest BCUT2D eigenvalue weighted by molar-refractivity contribution is -0.122. The number of primary amides is 1. The number of nitrogens with two attached hydrogens (primary N) is 1. The zero-order valence-corrected chi connectivity index (χ0v) is 17.7. The highest BCUT2D eigenvalue weighted by molar-refractivity contribution is 6.30. The standard InChI is InChI=1S/C21H21Cl2N5O2/c1-28-11-10-25-20(28)19(14-4-8-16(23)9-5-14)27-18(29)12-17(26-21(24)30)13-2-6-15(22)7-3-13/h2-11,17,19H,12H2,1H3,(H,27,29)(H3,24,26,30)/t17-,19-/m1/s1. The van der Waals surface area contributed by atoms with Gasteiger partial charge < -0.3 is 20.9 Å². The van der Waals surface area contributed by atoms with Gasteiger partial charge >= 0.3 is 6.03 Å². The molecule has 4 N–H and O–H groups in total. The molecule has 0 aliphatic carbocycles. The molecule has 156 valence electrons. The first kappa shape index (κ1) is 21.7. The van der Waals surface area contributed by atoms with Crippen molar-refractivity contribution in [3.8, 4) is 0 Å². The number of amides is 3. The molecule has 9 heteroatoms. The molecule has 0 saturated heterocycles. The Kier molecular flexibility index (Phi) is 6.97. The SMILES string of the molecule is Cn1ccnc1[C@H](NC(=O)C[C@@H](NC(N)=O)c1ccc(Cl)cc1)c1ccc(Cl)cc1. The fourth-order valence-electron chi connectivity index (χ4n) is 3.13. The van der Waals surface area contributed by atoms with Crippen LogP contribution in [0.5, 0.6) is 0 Å². The summed E-state index contributed by atoms with van der Waals surface area (Å²) in [6.45, 7) is 0. The third kappa shape index (κ3) is 5.52. The highest BCUT2D eigenvalue weighted by Gasteiger charge is 2.24. The van der Waals surface area contributed by atoms with Crippen LogP contribution in [-0.4, -0.2) is 21.5 Å². The molecule has 0 aliphatic heterocycles. The van der Waals surface area contributed by atoms with Crippen molar-refractivity contribution in [3.05, 3.63) is 87.9 Å². The minimum absolute atomic E-state index is 0.0148. The molecule has 0 radical (unpaired) electrons. The third-order valence-corrected chi connectivity index (χ3v) is 5.11. The molecule has 0 bridgehead atoms. The number of nitrogens with zero attached hydrogens (tertiary/aromatic N) is 2. The number of hydrogen-bond donors (Lipinski definition) is 3. The summed E-state index contributed by atoms with van der Waals surface area (Å²) >= 11 is 11.9. The minimum Gasteiger partial charge on any atom is -0.352 e. The summed E-state index contributed by atoms with van der Waals surface area (Å²) in [6.07, 6.45) is 3.45. The zero-order chi connectivity index (χ0) is 21.7. The molecule has 1 aromatic heterocycles. The van der Waals surface area contributed by atoms with Gasteiger partial charge in [-0.3, -0.25) is 4.79 Å². The largest absolute Gasteiger partial charge is 0.352 e. The van der Waals surface area contributed by atoms with E-state index < -0.39 is 18.1 Å². The topological polar surface area (TPSA) is 102 Å². The highest BCUT2D eigenvalue weighted by Crippen LogP contribution is 2.24. The van der Waals surface area contributed by atoms with Gasteiger partial charge in [0, 0.05) is 29.5 Å². The lowest BCUT2D eigenvalue weighted by Crippen LogP contribution is -2.38. The number of carbonyl (C=O) groups excluding carboxylic acids is 2. The predicted molar refractivity (Wildman–Crippen MR) is 116 cm³/mol. The molecule has 0 spiro atoms. The van der Waals surface area contributed by atoms with Crippen LogP contribution in [0.25, 0.3) is 0 Å². The van der Waals surface area contributed by atoms with Gasteiger partial charge in [0.1, 0.15) is 11.9 Å². The highest BCUT2D eigenvalue weighted by atomic mass is 35.5. The van der Waals surface area contributed by atoms with Gasteiger partial charge in [0.2, 0.25) is 5.91 Å². The third-order valence-electron chi connectivity index (χ3n) is 4.60. The number of carbonyl (C=O) groups is 2. The van der Waals surface area contributed by atoms with Crippen molar-refractivity contribution in [1.82, 2.24) is 20.2 Å². The van der Waals surface area contributed by atoms with Crippen LogP contribution in [-0.2, 0) is 11.8 Å². The van der Waals surface area contributed by atoms with E-state index in [1.54, 1.807) is 48.8 Å². The molecule has 30 heavy (non-hydrogen) atoms. The average molecular weight is 446 g/mol. The quantitative estimate of drug-likeness (QED) is 0.515. The molecule has 0 aliphatic rings. The maximum Gasteiger partial charge on any atom is 0.312 e. The maximum absolute atomic E-state index is 12.9. The number of urea groups is 1. The smallest absolute Gasteiger partial charge is 0.312 e.